The molecule has 6 rings (SSSR count). The van der Waals surface area contributed by atoms with Gasteiger partial charge < -0.3 is 20.1 Å². The lowest BCUT2D eigenvalue weighted by molar-refractivity contribution is -0.118. The van der Waals surface area contributed by atoms with Crippen LogP contribution in [0.3, 0.4) is 0 Å². The SMILES string of the molecule is Cc1ccc(NC(=O)C2(c3ccc4c(c3)OCO4)CC2)cc1-c1ccc2c(c1)CCN2.[HH]. The maximum atomic E-state index is 13.3. The van der Waals surface area contributed by atoms with Crippen LogP contribution < -0.4 is 20.1 Å². The first kappa shape index (κ1) is 18.3. The van der Waals surface area contributed by atoms with E-state index in [0.29, 0.717) is 0 Å². The van der Waals surface area contributed by atoms with Crippen molar-refractivity contribution in [2.45, 2.75) is 31.6 Å². The molecule has 1 aliphatic carbocycles. The fourth-order valence-corrected chi connectivity index (χ4v) is 4.70. The van der Waals surface area contributed by atoms with Gasteiger partial charge in [-0.2, -0.15) is 0 Å². The van der Waals surface area contributed by atoms with Crippen molar-refractivity contribution in [1.82, 2.24) is 0 Å². The van der Waals surface area contributed by atoms with E-state index in [4.69, 9.17) is 9.47 Å². The van der Waals surface area contributed by atoms with Gasteiger partial charge in [0.2, 0.25) is 12.7 Å². The van der Waals surface area contributed by atoms with Crippen LogP contribution in [0.4, 0.5) is 11.4 Å². The normalized spacial score (nSPS) is 17.1. The van der Waals surface area contributed by atoms with Gasteiger partial charge in [0.05, 0.1) is 5.41 Å². The number of carbonyl (C=O) groups is 1. The summed E-state index contributed by atoms with van der Waals surface area (Å²) in [6.45, 7) is 3.35. The summed E-state index contributed by atoms with van der Waals surface area (Å²) in [4.78, 5) is 13.3. The average molecular weight is 415 g/mol. The molecule has 2 N–H and O–H groups in total. The van der Waals surface area contributed by atoms with Crippen LogP contribution in [-0.2, 0) is 16.6 Å². The topological polar surface area (TPSA) is 59.6 Å². The highest BCUT2D eigenvalue weighted by molar-refractivity contribution is 6.02. The highest BCUT2D eigenvalue weighted by Gasteiger charge is 2.51. The smallest absolute Gasteiger partial charge is 0.235 e. The van der Waals surface area contributed by atoms with Crippen molar-refractivity contribution in [3.05, 3.63) is 71.3 Å². The van der Waals surface area contributed by atoms with Crippen LogP contribution in [0.1, 0.15) is 31.0 Å². The molecule has 0 spiro atoms. The predicted molar refractivity (Wildman–Crippen MR) is 123 cm³/mol. The molecule has 1 fully saturated rings. The van der Waals surface area contributed by atoms with E-state index in [1.807, 2.05) is 24.3 Å². The number of fused-ring (bicyclic) bond motifs is 2. The molecule has 1 amide bonds. The molecule has 0 radical (unpaired) electrons. The lowest BCUT2D eigenvalue weighted by Gasteiger charge is -2.17. The van der Waals surface area contributed by atoms with E-state index >= 15 is 0 Å². The summed E-state index contributed by atoms with van der Waals surface area (Å²) in [5, 5.41) is 6.59. The van der Waals surface area contributed by atoms with Crippen molar-refractivity contribution in [2.75, 3.05) is 24.0 Å². The average Bonchev–Trinajstić information content (AvgIpc) is 3.24. The van der Waals surface area contributed by atoms with E-state index < -0.39 is 5.41 Å². The Bertz CT molecular complexity index is 1220. The Balaban J connectivity index is 0.00000216. The summed E-state index contributed by atoms with van der Waals surface area (Å²) >= 11 is 0. The number of anilines is 2. The second-order valence-corrected chi connectivity index (χ2v) is 8.68. The Morgan fingerprint density at radius 2 is 1.90 bits per heavy atom. The molecule has 158 valence electrons. The van der Waals surface area contributed by atoms with Gasteiger partial charge in [-0.25, -0.2) is 0 Å². The first-order valence-electron chi connectivity index (χ1n) is 10.8. The number of benzene rings is 3. The second-order valence-electron chi connectivity index (χ2n) is 8.68. The number of amides is 1. The van der Waals surface area contributed by atoms with Crippen molar-refractivity contribution < 1.29 is 15.7 Å². The largest absolute Gasteiger partial charge is 0.454 e. The zero-order chi connectivity index (χ0) is 21.0. The molecule has 2 aliphatic heterocycles. The molecule has 3 aromatic rings. The number of ether oxygens (including phenoxy) is 2. The second kappa shape index (κ2) is 6.77. The van der Waals surface area contributed by atoms with Gasteiger partial charge in [0.1, 0.15) is 0 Å². The molecule has 31 heavy (non-hydrogen) atoms. The van der Waals surface area contributed by atoms with Gasteiger partial charge in [-0.1, -0.05) is 18.2 Å². The van der Waals surface area contributed by atoms with Gasteiger partial charge in [0.25, 0.3) is 0 Å². The summed E-state index contributed by atoms with van der Waals surface area (Å²) in [5.74, 6) is 1.51. The third kappa shape index (κ3) is 3.03. The fraction of sp³-hybridized carbons (Fsp3) is 0.269. The molecule has 0 bridgehead atoms. The Labute approximate surface area is 182 Å². The van der Waals surface area contributed by atoms with Crippen LogP contribution in [0.2, 0.25) is 0 Å². The zero-order valence-electron chi connectivity index (χ0n) is 17.5. The molecular formula is C26H26N2O3. The molecule has 5 nitrogen and oxygen atoms in total. The van der Waals surface area contributed by atoms with Gasteiger partial charge in [-0.3, -0.25) is 4.79 Å². The summed E-state index contributed by atoms with van der Waals surface area (Å²) in [6, 6.07) is 18.6. The monoisotopic (exact) mass is 414 g/mol. The minimum absolute atomic E-state index is 0. The maximum absolute atomic E-state index is 13.3. The minimum Gasteiger partial charge on any atom is -0.454 e. The van der Waals surface area contributed by atoms with Crippen LogP contribution in [0.25, 0.3) is 11.1 Å². The number of hydrogen-bond donors (Lipinski definition) is 2. The summed E-state index contributed by atoms with van der Waals surface area (Å²) < 4.78 is 10.9. The molecule has 1 saturated carbocycles. The van der Waals surface area contributed by atoms with Crippen molar-refractivity contribution in [1.29, 1.82) is 0 Å². The highest BCUT2D eigenvalue weighted by atomic mass is 16.7. The van der Waals surface area contributed by atoms with Gasteiger partial charge in [-0.05, 0) is 90.4 Å². The van der Waals surface area contributed by atoms with E-state index in [9.17, 15) is 4.79 Å². The fourth-order valence-electron chi connectivity index (χ4n) is 4.70. The van der Waals surface area contributed by atoms with Crippen molar-refractivity contribution in [3.63, 3.8) is 0 Å². The number of hydrogen-bond acceptors (Lipinski definition) is 4. The molecule has 3 aromatic carbocycles. The van der Waals surface area contributed by atoms with Gasteiger partial charge >= 0.3 is 0 Å². The Morgan fingerprint density at radius 3 is 2.77 bits per heavy atom. The van der Waals surface area contributed by atoms with E-state index in [1.54, 1.807) is 0 Å². The predicted octanol–water partition coefficient (Wildman–Crippen LogP) is 5.28. The van der Waals surface area contributed by atoms with E-state index in [2.05, 4.69) is 47.9 Å². The molecular weight excluding hydrogens is 388 g/mol. The van der Waals surface area contributed by atoms with Gasteiger partial charge in [-0.15, -0.1) is 0 Å². The third-order valence-corrected chi connectivity index (χ3v) is 6.73. The molecule has 2 heterocycles. The number of aryl methyl sites for hydroxylation is 1. The first-order valence-corrected chi connectivity index (χ1v) is 10.8. The molecule has 0 aromatic heterocycles. The number of nitrogens with one attached hydrogen (secondary N) is 2. The maximum Gasteiger partial charge on any atom is 0.235 e. The lowest BCUT2D eigenvalue weighted by Crippen LogP contribution is -2.27. The zero-order valence-corrected chi connectivity index (χ0v) is 17.5. The molecule has 0 saturated heterocycles. The van der Waals surface area contributed by atoms with Crippen molar-refractivity contribution >= 4 is 17.3 Å². The lowest BCUT2D eigenvalue weighted by atomic mass is 9.94. The van der Waals surface area contributed by atoms with Gasteiger partial charge in [0, 0.05) is 19.3 Å². The van der Waals surface area contributed by atoms with E-state index in [-0.39, 0.29) is 14.1 Å². The van der Waals surface area contributed by atoms with Crippen LogP contribution in [0.5, 0.6) is 11.5 Å². The quantitative estimate of drug-likeness (QED) is 0.610. The summed E-state index contributed by atoms with van der Waals surface area (Å²) in [6.07, 6.45) is 2.74. The van der Waals surface area contributed by atoms with Crippen molar-refractivity contribution in [3.8, 4) is 22.6 Å². The molecule has 0 atom stereocenters. The van der Waals surface area contributed by atoms with Crippen LogP contribution >= 0.6 is 0 Å². The first-order chi connectivity index (χ1) is 15.1. The Kier molecular flexibility index (Phi) is 4.00. The Hall–Kier alpha value is -3.47. The van der Waals surface area contributed by atoms with Crippen LogP contribution in [0, 0.1) is 6.92 Å². The van der Waals surface area contributed by atoms with Crippen molar-refractivity contribution in [2.24, 2.45) is 0 Å². The van der Waals surface area contributed by atoms with E-state index in [1.165, 1.54) is 22.4 Å². The number of rotatable bonds is 4. The summed E-state index contributed by atoms with van der Waals surface area (Å²) in [5.41, 5.74) is 7.46. The van der Waals surface area contributed by atoms with Gasteiger partial charge in [0.15, 0.2) is 11.5 Å². The summed E-state index contributed by atoms with van der Waals surface area (Å²) in [7, 11) is 0. The minimum atomic E-state index is -0.481. The standard InChI is InChI=1S/C26H24N2O3.H2/c1-16-2-5-20(14-21(16)17-3-6-22-18(12-17)8-11-27-22)28-25(29)26(9-10-26)19-4-7-23-24(13-19)31-15-30-23;/h2-7,12-14,27H,8-11,15H2,1H3,(H,28,29);1H. The highest BCUT2D eigenvalue weighted by Crippen LogP contribution is 2.51. The van der Waals surface area contributed by atoms with E-state index in [0.717, 1.165) is 54.1 Å². The molecule has 3 aliphatic rings. The number of carbonyl (C=O) groups excluding carboxylic acids is 1. The van der Waals surface area contributed by atoms with Crippen LogP contribution in [0.15, 0.2) is 54.6 Å². The van der Waals surface area contributed by atoms with Crippen LogP contribution in [-0.4, -0.2) is 19.2 Å². The Morgan fingerprint density at radius 1 is 1.03 bits per heavy atom. The molecule has 0 unspecified atom stereocenters. The molecule has 5 heteroatoms. The third-order valence-electron chi connectivity index (χ3n) is 6.73.